The number of amides is 1. The number of carbonyl (C=O) groups excluding carboxylic acids is 2. The number of nitrogens with two attached hydrogens (primary N) is 3. The smallest absolute Gasteiger partial charge is 0.237 e. The molecule has 0 saturated heterocycles. The lowest BCUT2D eigenvalue weighted by Gasteiger charge is -2.22. The molecule has 23 heavy (non-hydrogen) atoms. The Labute approximate surface area is 138 Å². The average molecular weight is 328 g/mol. The second-order valence-corrected chi connectivity index (χ2v) is 5.99. The van der Waals surface area contributed by atoms with Crippen LogP contribution in [0.1, 0.15) is 46.0 Å². The summed E-state index contributed by atoms with van der Waals surface area (Å²) in [4.78, 5) is 24.4. The third-order valence-electron chi connectivity index (χ3n) is 3.52. The highest BCUT2D eigenvalue weighted by molar-refractivity contribution is 5.91. The van der Waals surface area contributed by atoms with Gasteiger partial charge in [0.2, 0.25) is 5.91 Å². The zero-order chi connectivity index (χ0) is 17.8. The van der Waals surface area contributed by atoms with Gasteiger partial charge >= 0.3 is 0 Å². The van der Waals surface area contributed by atoms with Crippen molar-refractivity contribution in [2.75, 3.05) is 13.1 Å². The van der Waals surface area contributed by atoms with E-state index < -0.39 is 12.1 Å². The van der Waals surface area contributed by atoms with Gasteiger partial charge < -0.3 is 27.8 Å². The minimum Gasteiger partial charge on any atom is -0.370 e. The highest BCUT2D eigenvalue weighted by Crippen LogP contribution is 2.07. The SMILES string of the molecule is CC(C)C(=O)C(CCCNC(=N)N)NC(=O)C(N)CCCCN. The second-order valence-electron chi connectivity index (χ2n) is 5.99. The van der Waals surface area contributed by atoms with Gasteiger partial charge in [-0.2, -0.15) is 0 Å². The zero-order valence-corrected chi connectivity index (χ0v) is 14.2. The van der Waals surface area contributed by atoms with Crippen molar-refractivity contribution in [1.82, 2.24) is 10.6 Å². The van der Waals surface area contributed by atoms with Crippen molar-refractivity contribution in [2.45, 2.75) is 58.0 Å². The van der Waals surface area contributed by atoms with Crippen molar-refractivity contribution < 1.29 is 9.59 Å². The molecule has 2 unspecified atom stereocenters. The van der Waals surface area contributed by atoms with E-state index in [0.717, 1.165) is 12.8 Å². The number of Topliss-reactive ketones (excluding diaryl/α,β-unsaturated/α-hetero) is 1. The first-order valence-electron chi connectivity index (χ1n) is 8.17. The molecule has 2 atom stereocenters. The molecule has 0 aromatic rings. The Bertz CT molecular complexity index is 386. The van der Waals surface area contributed by atoms with Crippen molar-refractivity contribution in [3.8, 4) is 0 Å². The van der Waals surface area contributed by atoms with Crippen molar-refractivity contribution in [1.29, 1.82) is 5.41 Å². The maximum Gasteiger partial charge on any atom is 0.237 e. The molecule has 0 heterocycles. The van der Waals surface area contributed by atoms with E-state index in [1.165, 1.54) is 0 Å². The summed E-state index contributed by atoms with van der Waals surface area (Å²) in [6, 6.07) is -1.18. The standard InChI is InChI=1S/C15H32N6O2/c1-10(2)13(22)12(7-5-9-20-15(18)19)21-14(23)11(17)6-3-4-8-16/h10-12H,3-9,16-17H2,1-2H3,(H,21,23)(H4,18,19,20). The Kier molecular flexibility index (Phi) is 11.0. The van der Waals surface area contributed by atoms with Crippen LogP contribution in [-0.4, -0.2) is 42.8 Å². The number of ketones is 1. The van der Waals surface area contributed by atoms with Crippen LogP contribution in [0.25, 0.3) is 0 Å². The van der Waals surface area contributed by atoms with E-state index in [-0.39, 0.29) is 23.6 Å². The Morgan fingerprint density at radius 3 is 2.30 bits per heavy atom. The molecule has 0 rings (SSSR count). The molecule has 0 saturated carbocycles. The second kappa shape index (κ2) is 11.8. The Morgan fingerprint density at radius 1 is 1.13 bits per heavy atom. The van der Waals surface area contributed by atoms with Crippen molar-refractivity contribution in [2.24, 2.45) is 23.1 Å². The number of rotatable bonds is 12. The van der Waals surface area contributed by atoms with Gasteiger partial charge in [-0.15, -0.1) is 0 Å². The number of unbranched alkanes of at least 4 members (excludes halogenated alkanes) is 1. The monoisotopic (exact) mass is 328 g/mol. The summed E-state index contributed by atoms with van der Waals surface area (Å²) in [5.41, 5.74) is 16.5. The number of guanidine groups is 1. The molecule has 0 aromatic carbocycles. The number of hydrogen-bond acceptors (Lipinski definition) is 5. The molecule has 0 aliphatic carbocycles. The Balaban J connectivity index is 4.47. The van der Waals surface area contributed by atoms with Gasteiger partial charge in [-0.25, -0.2) is 0 Å². The predicted octanol–water partition coefficient (Wildman–Crippen LogP) is -0.584. The van der Waals surface area contributed by atoms with E-state index in [1.807, 2.05) is 0 Å². The van der Waals surface area contributed by atoms with Crippen LogP contribution in [0.5, 0.6) is 0 Å². The topological polar surface area (TPSA) is 160 Å². The van der Waals surface area contributed by atoms with Gasteiger partial charge in [-0.05, 0) is 32.2 Å². The van der Waals surface area contributed by atoms with Gasteiger partial charge in [0.05, 0.1) is 12.1 Å². The van der Waals surface area contributed by atoms with E-state index in [2.05, 4.69) is 10.6 Å². The van der Waals surface area contributed by atoms with Crippen LogP contribution in [0.15, 0.2) is 0 Å². The molecular formula is C15H32N6O2. The highest BCUT2D eigenvalue weighted by Gasteiger charge is 2.24. The fraction of sp³-hybridized carbons (Fsp3) is 0.800. The first-order chi connectivity index (χ1) is 10.8. The van der Waals surface area contributed by atoms with Gasteiger partial charge in [0.15, 0.2) is 11.7 Å². The average Bonchev–Trinajstić information content (AvgIpc) is 2.49. The molecule has 0 aromatic heterocycles. The summed E-state index contributed by atoms with van der Waals surface area (Å²) in [6.07, 6.45) is 3.27. The van der Waals surface area contributed by atoms with Crippen LogP contribution in [0.2, 0.25) is 0 Å². The summed E-state index contributed by atoms with van der Waals surface area (Å²) < 4.78 is 0. The lowest BCUT2D eigenvalue weighted by atomic mass is 9.97. The number of hydrogen-bond donors (Lipinski definition) is 6. The van der Waals surface area contributed by atoms with Crippen LogP contribution in [0.3, 0.4) is 0 Å². The van der Waals surface area contributed by atoms with Crippen molar-refractivity contribution in [3.63, 3.8) is 0 Å². The summed E-state index contributed by atoms with van der Waals surface area (Å²) in [6.45, 7) is 4.66. The van der Waals surface area contributed by atoms with E-state index in [1.54, 1.807) is 13.8 Å². The molecule has 0 fully saturated rings. The maximum absolute atomic E-state index is 12.2. The number of carbonyl (C=O) groups is 2. The molecule has 0 aliphatic rings. The fourth-order valence-electron chi connectivity index (χ4n) is 2.14. The third kappa shape index (κ3) is 9.85. The Morgan fingerprint density at radius 2 is 1.78 bits per heavy atom. The van der Waals surface area contributed by atoms with E-state index in [9.17, 15) is 9.59 Å². The lowest BCUT2D eigenvalue weighted by Crippen LogP contribution is -2.49. The number of nitrogens with one attached hydrogen (secondary N) is 3. The molecule has 0 spiro atoms. The minimum atomic E-state index is -0.626. The summed E-state index contributed by atoms with van der Waals surface area (Å²) in [5.74, 6) is -0.604. The molecule has 9 N–H and O–H groups in total. The molecular weight excluding hydrogens is 296 g/mol. The molecule has 8 heteroatoms. The molecule has 0 radical (unpaired) electrons. The van der Waals surface area contributed by atoms with Gasteiger partial charge in [0, 0.05) is 12.5 Å². The summed E-state index contributed by atoms with van der Waals surface area (Å²) in [7, 11) is 0. The minimum absolute atomic E-state index is 0.0182. The lowest BCUT2D eigenvalue weighted by molar-refractivity contribution is -0.130. The van der Waals surface area contributed by atoms with E-state index >= 15 is 0 Å². The van der Waals surface area contributed by atoms with Crippen LogP contribution in [0, 0.1) is 11.3 Å². The third-order valence-corrected chi connectivity index (χ3v) is 3.52. The van der Waals surface area contributed by atoms with Gasteiger partial charge in [-0.3, -0.25) is 15.0 Å². The Hall–Kier alpha value is -1.67. The van der Waals surface area contributed by atoms with Crippen LogP contribution in [-0.2, 0) is 9.59 Å². The van der Waals surface area contributed by atoms with Gasteiger partial charge in [-0.1, -0.05) is 20.3 Å². The highest BCUT2D eigenvalue weighted by atomic mass is 16.2. The predicted molar refractivity (Wildman–Crippen MR) is 91.8 cm³/mol. The van der Waals surface area contributed by atoms with Crippen LogP contribution >= 0.6 is 0 Å². The van der Waals surface area contributed by atoms with Crippen LogP contribution < -0.4 is 27.8 Å². The molecule has 134 valence electrons. The van der Waals surface area contributed by atoms with Gasteiger partial charge in [0.1, 0.15) is 0 Å². The fourth-order valence-corrected chi connectivity index (χ4v) is 2.14. The molecule has 1 amide bonds. The van der Waals surface area contributed by atoms with Crippen LogP contribution in [0.4, 0.5) is 0 Å². The van der Waals surface area contributed by atoms with Crippen molar-refractivity contribution >= 4 is 17.6 Å². The molecule has 0 aliphatic heterocycles. The summed E-state index contributed by atoms with van der Waals surface area (Å²) >= 11 is 0. The molecule has 0 bridgehead atoms. The molecule has 8 nitrogen and oxygen atoms in total. The first kappa shape index (κ1) is 21.3. The zero-order valence-electron chi connectivity index (χ0n) is 14.2. The van der Waals surface area contributed by atoms with Gasteiger partial charge in [0.25, 0.3) is 0 Å². The quantitative estimate of drug-likeness (QED) is 0.159. The maximum atomic E-state index is 12.2. The van der Waals surface area contributed by atoms with E-state index in [0.29, 0.717) is 32.4 Å². The van der Waals surface area contributed by atoms with Crippen molar-refractivity contribution in [3.05, 3.63) is 0 Å². The van der Waals surface area contributed by atoms with E-state index in [4.69, 9.17) is 22.6 Å². The first-order valence-corrected chi connectivity index (χ1v) is 8.17. The normalized spacial score (nSPS) is 13.4. The largest absolute Gasteiger partial charge is 0.370 e. The summed E-state index contributed by atoms with van der Waals surface area (Å²) in [5, 5.41) is 12.5.